The van der Waals surface area contributed by atoms with Crippen molar-refractivity contribution in [2.24, 2.45) is 0 Å². The van der Waals surface area contributed by atoms with Crippen LogP contribution in [0.3, 0.4) is 0 Å². The van der Waals surface area contributed by atoms with Gasteiger partial charge in [-0.1, -0.05) is 12.1 Å². The fourth-order valence-electron chi connectivity index (χ4n) is 0.880. The van der Waals surface area contributed by atoms with E-state index in [-0.39, 0.29) is 18.0 Å². The second-order valence-electron chi connectivity index (χ2n) is 1.92. The monoisotopic (exact) mass is 196 g/mol. The van der Waals surface area contributed by atoms with Crippen LogP contribution < -0.4 is 0 Å². The molecule has 1 unspecified atom stereocenters. The summed E-state index contributed by atoms with van der Waals surface area (Å²) in [5.74, 6) is 0. The van der Waals surface area contributed by atoms with Gasteiger partial charge in [0.15, 0.2) is 0 Å². The number of benzene rings is 1. The van der Waals surface area contributed by atoms with E-state index in [0.717, 1.165) is 11.0 Å². The number of imidazole rings is 1. The predicted octanol–water partition coefficient (Wildman–Crippen LogP) is 0.379. The number of para-hydroxylation sites is 2. The number of aromatic nitrogens is 2. The fourth-order valence-corrected chi connectivity index (χ4v) is 0.880. The number of nitrogens with zero attached hydrogens (tertiary/aromatic N) is 1. The van der Waals surface area contributed by atoms with Crippen molar-refractivity contribution in [3.05, 3.63) is 30.6 Å². The molecule has 1 N–H and O–H groups in total. The number of nitrogens with one attached hydrogen (secondary N) is 1. The molecule has 0 fully saturated rings. The minimum atomic E-state index is 0. The molecule has 1 atom stereocenters. The summed E-state index contributed by atoms with van der Waals surface area (Å²) in [6.45, 7) is 0. The number of aromatic amines is 1. The Bertz CT molecular complexity index is 286. The molecule has 0 aliphatic heterocycles. The summed E-state index contributed by atoms with van der Waals surface area (Å²) in [5, 5.41) is 0. The smallest absolute Gasteiger partial charge is 0.0931 e. The average molecular weight is 196 g/mol. The van der Waals surface area contributed by atoms with E-state index in [4.69, 9.17) is 0 Å². The Morgan fingerprint density at radius 2 is 2.00 bits per heavy atom. The zero-order chi connectivity index (χ0) is 6.10. The Kier molecular flexibility index (Phi) is 2.13. The summed E-state index contributed by atoms with van der Waals surface area (Å²) in [6.07, 6.45) is 1.70. The Morgan fingerprint density at radius 1 is 1.20 bits per heavy atom. The largest absolute Gasteiger partial charge is 0.345 e. The Balaban J connectivity index is 0.000000500. The van der Waals surface area contributed by atoms with Gasteiger partial charge < -0.3 is 4.98 Å². The van der Waals surface area contributed by atoms with Crippen LogP contribution in [0.5, 0.6) is 0 Å². The zero-order valence-electron chi connectivity index (χ0n) is 5.54. The van der Waals surface area contributed by atoms with E-state index < -0.39 is 0 Å². The van der Waals surface area contributed by atoms with Gasteiger partial charge in [0.25, 0.3) is 0 Å². The van der Waals surface area contributed by atoms with E-state index in [9.17, 15) is 0 Å². The Hall–Kier alpha value is -0.752. The molecule has 10 heavy (non-hydrogen) atoms. The van der Waals surface area contributed by atoms with Crippen LogP contribution in [0.15, 0.2) is 30.6 Å². The summed E-state index contributed by atoms with van der Waals surface area (Å²) in [4.78, 5) is 7.07. The number of H-pyrrole nitrogens is 1. The predicted molar refractivity (Wildman–Crippen MR) is 46.0 cm³/mol. The van der Waals surface area contributed by atoms with E-state index in [1.165, 1.54) is 0 Å². The number of hydrogen-bond donors (Lipinski definition) is 1. The van der Waals surface area contributed by atoms with Gasteiger partial charge in [-0.2, -0.15) is 0 Å². The molecule has 3 heteroatoms. The van der Waals surface area contributed by atoms with Crippen molar-refractivity contribution in [3.8, 4) is 0 Å². The minimum absolute atomic E-state index is 0. The third kappa shape index (κ3) is 1.07. The van der Waals surface area contributed by atoms with Gasteiger partial charge in [0, 0.05) is 0 Å². The molecular weight excluding hydrogens is 187 g/mol. The van der Waals surface area contributed by atoms with E-state index in [2.05, 4.69) is 9.97 Å². The van der Waals surface area contributed by atoms with Crippen LogP contribution >= 0.6 is 0 Å². The van der Waals surface area contributed by atoms with E-state index in [0.29, 0.717) is 0 Å². The van der Waals surface area contributed by atoms with Crippen LogP contribution in [0.1, 0.15) is 0 Å². The molecule has 1 aromatic heterocycles. The van der Waals surface area contributed by atoms with Gasteiger partial charge in [0.2, 0.25) is 0 Å². The molecular formula is C7H9AsN2. The maximum Gasteiger partial charge on any atom is 0.0931 e. The van der Waals surface area contributed by atoms with Crippen molar-refractivity contribution < 1.29 is 0 Å². The molecule has 1 aromatic carbocycles. The van der Waals surface area contributed by atoms with Crippen molar-refractivity contribution in [1.82, 2.24) is 9.97 Å². The van der Waals surface area contributed by atoms with Crippen LogP contribution in [-0.4, -0.2) is 27.9 Å². The first-order chi connectivity index (χ1) is 4.47. The molecule has 0 radical (unpaired) electrons. The molecule has 0 spiro atoms. The van der Waals surface area contributed by atoms with Crippen molar-refractivity contribution >= 4 is 29.0 Å². The molecule has 1 heterocycles. The van der Waals surface area contributed by atoms with E-state index in [1.54, 1.807) is 6.33 Å². The molecule has 0 aliphatic rings. The van der Waals surface area contributed by atoms with Gasteiger partial charge in [0.1, 0.15) is 0 Å². The number of rotatable bonds is 0. The average Bonchev–Trinajstić information content (AvgIpc) is 2.33. The van der Waals surface area contributed by atoms with Gasteiger partial charge in [-0.3, -0.25) is 0 Å². The molecule has 2 aromatic rings. The first-order valence-corrected chi connectivity index (χ1v) is 2.85. The van der Waals surface area contributed by atoms with Gasteiger partial charge in [-0.05, 0) is 12.1 Å². The maximum absolute atomic E-state index is 4.06. The topological polar surface area (TPSA) is 28.7 Å². The van der Waals surface area contributed by atoms with Crippen LogP contribution in [0.25, 0.3) is 11.0 Å². The molecule has 0 amide bonds. The zero-order valence-corrected chi connectivity index (χ0v) is 8.51. The van der Waals surface area contributed by atoms with Crippen LogP contribution in [0, 0.1) is 0 Å². The quantitative estimate of drug-likeness (QED) is 0.606. The molecule has 52 valence electrons. The molecule has 0 bridgehead atoms. The van der Waals surface area contributed by atoms with Gasteiger partial charge in [0.05, 0.1) is 17.4 Å². The number of hydrogen-bond acceptors (Lipinski definition) is 1. The first-order valence-electron chi connectivity index (χ1n) is 2.85. The Labute approximate surface area is 70.0 Å². The third-order valence-electron chi connectivity index (χ3n) is 1.33. The first kappa shape index (κ1) is 7.36. The van der Waals surface area contributed by atoms with Gasteiger partial charge in [-0.15, -0.1) is 0 Å². The molecule has 0 aliphatic carbocycles. The maximum atomic E-state index is 4.06. The van der Waals surface area contributed by atoms with Crippen molar-refractivity contribution in [3.63, 3.8) is 0 Å². The Morgan fingerprint density at radius 3 is 2.80 bits per heavy atom. The second-order valence-corrected chi connectivity index (χ2v) is 1.92. The third-order valence-corrected chi connectivity index (χ3v) is 1.33. The summed E-state index contributed by atoms with van der Waals surface area (Å²) >= 11 is 0. The second kappa shape index (κ2) is 2.89. The molecule has 2 nitrogen and oxygen atoms in total. The standard InChI is InChI=1S/C7H6N2.AsH3/c1-2-4-7-6(3-1)8-5-9-7;/h1-5H,(H,8,9);1H3. The van der Waals surface area contributed by atoms with Crippen LogP contribution in [0.2, 0.25) is 0 Å². The van der Waals surface area contributed by atoms with Crippen molar-refractivity contribution in [2.45, 2.75) is 0 Å². The number of fused-ring (bicyclic) bond motifs is 1. The van der Waals surface area contributed by atoms with Crippen molar-refractivity contribution in [1.29, 1.82) is 0 Å². The van der Waals surface area contributed by atoms with Crippen LogP contribution in [0.4, 0.5) is 0 Å². The molecule has 0 saturated heterocycles. The van der Waals surface area contributed by atoms with E-state index in [1.807, 2.05) is 24.3 Å². The van der Waals surface area contributed by atoms with Crippen LogP contribution in [-0.2, 0) is 0 Å². The summed E-state index contributed by atoms with van der Waals surface area (Å²) < 4.78 is 0. The fraction of sp³-hybridized carbons (Fsp3) is 0. The summed E-state index contributed by atoms with van der Waals surface area (Å²) in [6, 6.07) is 7.94. The van der Waals surface area contributed by atoms with Gasteiger partial charge in [-0.25, -0.2) is 4.98 Å². The van der Waals surface area contributed by atoms with Gasteiger partial charge >= 0.3 is 18.0 Å². The molecule has 0 saturated carbocycles. The summed E-state index contributed by atoms with van der Waals surface area (Å²) in [7, 11) is 0. The summed E-state index contributed by atoms with van der Waals surface area (Å²) in [5.41, 5.74) is 2.12. The molecule has 2 rings (SSSR count). The normalized spacial score (nSPS) is 9.20. The van der Waals surface area contributed by atoms with Crippen molar-refractivity contribution in [2.75, 3.05) is 0 Å². The SMILES string of the molecule is [AsH3].c1ccc2[nH]cnc2c1. The minimum Gasteiger partial charge on any atom is -0.345 e. The van der Waals surface area contributed by atoms with E-state index >= 15 is 0 Å².